The summed E-state index contributed by atoms with van der Waals surface area (Å²) >= 11 is 0. The van der Waals surface area contributed by atoms with Crippen LogP contribution in [0.3, 0.4) is 0 Å². The first-order valence-corrected chi connectivity index (χ1v) is 13.7. The molecule has 43 heavy (non-hydrogen) atoms. The first-order chi connectivity index (χ1) is 19.9. The van der Waals surface area contributed by atoms with Crippen molar-refractivity contribution in [2.75, 3.05) is 20.3 Å². The number of aromatic nitrogens is 2. The zero-order valence-electron chi connectivity index (χ0n) is 23.4. The number of oxazole rings is 1. The van der Waals surface area contributed by atoms with Gasteiger partial charge in [-0.2, -0.15) is 13.2 Å². The van der Waals surface area contributed by atoms with Crippen molar-refractivity contribution in [2.24, 2.45) is 17.6 Å². The fourth-order valence-electron chi connectivity index (χ4n) is 5.36. The third-order valence-corrected chi connectivity index (χ3v) is 7.56. The molecule has 1 aliphatic carbocycles. The maximum Gasteiger partial charge on any atom is 0.433 e. The number of ether oxygens (including phenoxy) is 2. The number of esters is 1. The van der Waals surface area contributed by atoms with E-state index < -0.39 is 35.8 Å². The predicted molar refractivity (Wildman–Crippen MR) is 150 cm³/mol. The van der Waals surface area contributed by atoms with E-state index in [0.717, 1.165) is 18.9 Å². The van der Waals surface area contributed by atoms with E-state index in [9.17, 15) is 27.6 Å². The van der Waals surface area contributed by atoms with Crippen LogP contribution in [-0.4, -0.2) is 58.8 Å². The molecule has 1 saturated carbocycles. The number of nitrogens with two attached hydrogens (primary N) is 1. The molecule has 0 spiro atoms. The molecule has 0 unspecified atom stereocenters. The Bertz CT molecular complexity index is 1530. The Kier molecular flexibility index (Phi) is 9.14. The van der Waals surface area contributed by atoms with E-state index in [2.05, 4.69) is 9.97 Å². The molecule has 0 bridgehead atoms. The first kappa shape index (κ1) is 31.9. The smallest absolute Gasteiger partial charge is 0.433 e. The molecule has 232 valence electrons. The lowest BCUT2D eigenvalue weighted by molar-refractivity contribution is -0.147. The number of carbonyl (C=O) groups excluding carboxylic acids is 3. The molecule has 3 aromatic rings. The van der Waals surface area contributed by atoms with Crippen LogP contribution in [0.2, 0.25) is 0 Å². The van der Waals surface area contributed by atoms with Crippen LogP contribution in [0.1, 0.15) is 74.9 Å². The van der Waals surface area contributed by atoms with Gasteiger partial charge in [0.15, 0.2) is 11.5 Å². The number of halogens is 3. The summed E-state index contributed by atoms with van der Waals surface area (Å²) in [7, 11) is 1.31. The number of alkyl halides is 3. The van der Waals surface area contributed by atoms with Crippen LogP contribution in [0, 0.1) is 11.8 Å². The van der Waals surface area contributed by atoms with Crippen molar-refractivity contribution in [1.29, 1.82) is 0 Å². The van der Waals surface area contributed by atoms with Gasteiger partial charge in [-0.05, 0) is 63.3 Å². The van der Waals surface area contributed by atoms with Gasteiger partial charge in [-0.15, -0.1) is 0 Å². The number of methoxy groups -OCH3 is 1. The number of likely N-dealkylation sites (tertiary alicyclic amines) is 1. The molecule has 1 aromatic carbocycles. The van der Waals surface area contributed by atoms with Gasteiger partial charge in [0.25, 0.3) is 5.91 Å². The van der Waals surface area contributed by atoms with Crippen LogP contribution in [0.4, 0.5) is 13.2 Å². The number of hydrogen-bond donors (Lipinski definition) is 1. The van der Waals surface area contributed by atoms with Gasteiger partial charge in [-0.1, -0.05) is 7.43 Å². The van der Waals surface area contributed by atoms with Gasteiger partial charge in [0.2, 0.25) is 5.89 Å². The number of rotatable bonds is 9. The molecule has 0 radical (unpaired) electrons. The van der Waals surface area contributed by atoms with Crippen molar-refractivity contribution in [2.45, 2.75) is 65.2 Å². The monoisotopic (exact) mass is 604 g/mol. The van der Waals surface area contributed by atoms with Gasteiger partial charge in [0.05, 0.1) is 19.8 Å². The first-order valence-electron chi connectivity index (χ1n) is 13.7. The molecule has 1 saturated heterocycles. The number of benzene rings is 1. The quantitative estimate of drug-likeness (QED) is 0.321. The Labute approximate surface area is 246 Å². The van der Waals surface area contributed by atoms with Gasteiger partial charge in [-0.25, -0.2) is 14.8 Å². The molecule has 2 N–H and O–H groups in total. The molecule has 2 fully saturated rings. The van der Waals surface area contributed by atoms with E-state index in [0.29, 0.717) is 0 Å². The van der Waals surface area contributed by atoms with Crippen molar-refractivity contribution >= 4 is 28.6 Å². The minimum Gasteiger partial charge on any atom is -0.494 e. The molecule has 1 aliphatic heterocycles. The average molecular weight is 605 g/mol. The summed E-state index contributed by atoms with van der Waals surface area (Å²) in [5.74, 6) is -1.15. The summed E-state index contributed by atoms with van der Waals surface area (Å²) in [4.78, 5) is 48.8. The molecule has 5 rings (SSSR count). The number of pyridine rings is 1. The third kappa shape index (κ3) is 6.36. The summed E-state index contributed by atoms with van der Waals surface area (Å²) < 4.78 is 56.6. The zero-order valence-corrected chi connectivity index (χ0v) is 23.4. The Balaban J connectivity index is 0.00000423. The van der Waals surface area contributed by atoms with Crippen molar-refractivity contribution in [3.8, 4) is 17.2 Å². The summed E-state index contributed by atoms with van der Waals surface area (Å²) in [6.07, 6.45) is -2.41. The highest BCUT2D eigenvalue weighted by atomic mass is 19.4. The number of ketones is 1. The normalized spacial score (nSPS) is 19.2. The van der Waals surface area contributed by atoms with E-state index >= 15 is 0 Å². The average Bonchev–Trinajstić information content (AvgIpc) is 3.57. The van der Waals surface area contributed by atoms with Crippen molar-refractivity contribution in [3.05, 3.63) is 41.4 Å². The Morgan fingerprint density at radius 3 is 2.49 bits per heavy atom. The Morgan fingerprint density at radius 2 is 1.88 bits per heavy atom. The molecule has 2 aliphatic rings. The molecule has 10 nitrogen and oxygen atoms in total. The molecule has 13 heteroatoms. The molecule has 3 heterocycles. The molecule has 3 atom stereocenters. The number of hydrogen-bond acceptors (Lipinski definition) is 9. The van der Waals surface area contributed by atoms with E-state index in [1.807, 2.05) is 0 Å². The van der Waals surface area contributed by atoms with Gasteiger partial charge >= 0.3 is 12.1 Å². The highest BCUT2D eigenvalue weighted by Crippen LogP contribution is 2.39. The fraction of sp³-hybridized carbons (Fsp3) is 0.500. The molecule has 2 aromatic heterocycles. The Morgan fingerprint density at radius 1 is 1.16 bits per heavy atom. The van der Waals surface area contributed by atoms with Gasteiger partial charge in [0.1, 0.15) is 28.8 Å². The minimum atomic E-state index is -4.67. The number of amides is 1. The van der Waals surface area contributed by atoms with Crippen LogP contribution in [0.15, 0.2) is 28.7 Å². The van der Waals surface area contributed by atoms with Gasteiger partial charge in [-0.3, -0.25) is 9.59 Å². The summed E-state index contributed by atoms with van der Waals surface area (Å²) in [6, 6.07) is 3.34. The zero-order chi connectivity index (χ0) is 30.3. The number of carbonyl (C=O) groups is 3. The minimum absolute atomic E-state index is 0. The molecular weight excluding hydrogens is 569 g/mol. The van der Waals surface area contributed by atoms with Crippen molar-refractivity contribution in [1.82, 2.24) is 14.9 Å². The van der Waals surface area contributed by atoms with Crippen molar-refractivity contribution < 1.29 is 41.4 Å². The second kappa shape index (κ2) is 12.3. The van der Waals surface area contributed by atoms with Crippen LogP contribution in [0.5, 0.6) is 5.75 Å². The summed E-state index contributed by atoms with van der Waals surface area (Å²) in [5, 5.41) is 0.253. The lowest BCUT2D eigenvalue weighted by Crippen LogP contribution is -2.42. The van der Waals surface area contributed by atoms with Crippen LogP contribution in [-0.2, 0) is 20.5 Å². The number of nitrogens with zero attached hydrogens (tertiary/aromatic N) is 3. The number of Topliss-reactive ketones (excluding diaryl/α,β-unsaturated/α-hetero) is 1. The van der Waals surface area contributed by atoms with Gasteiger partial charge < -0.3 is 24.5 Å². The largest absolute Gasteiger partial charge is 0.494 e. The lowest BCUT2D eigenvalue weighted by Gasteiger charge is -2.22. The van der Waals surface area contributed by atoms with Crippen LogP contribution >= 0.6 is 0 Å². The highest BCUT2D eigenvalue weighted by Gasteiger charge is 2.44. The van der Waals surface area contributed by atoms with E-state index in [-0.39, 0.29) is 90.6 Å². The second-order valence-corrected chi connectivity index (χ2v) is 10.7. The maximum absolute atomic E-state index is 13.9. The van der Waals surface area contributed by atoms with Crippen molar-refractivity contribution in [3.63, 3.8) is 0 Å². The standard InChI is InChI=1S/C29H31F3N4O6.CH4/c1-4-41-28(39)19-11-15(12-20(37)16-5-6-16)13-36(19)27(38)24-25(14(2)33)42-26(35-24)18-7-9-21(40-3)23-17(18)8-10-22(34-23)29(30,31)32;/h7-10,14-16,19H,4-6,11-13,33H2,1-3H3;1H4/t14-,15-,19-;/m0./s1. The lowest BCUT2D eigenvalue weighted by atomic mass is 9.97. The third-order valence-electron chi connectivity index (χ3n) is 7.56. The summed E-state index contributed by atoms with van der Waals surface area (Å²) in [5.41, 5.74) is 5.12. The van der Waals surface area contributed by atoms with E-state index in [1.165, 1.54) is 30.2 Å². The maximum atomic E-state index is 13.9. The van der Waals surface area contributed by atoms with Crippen LogP contribution in [0.25, 0.3) is 22.4 Å². The van der Waals surface area contributed by atoms with Crippen LogP contribution < -0.4 is 10.5 Å². The van der Waals surface area contributed by atoms with E-state index in [1.54, 1.807) is 13.8 Å². The summed E-state index contributed by atoms with van der Waals surface area (Å²) in [6.45, 7) is 3.53. The fourth-order valence-corrected chi connectivity index (χ4v) is 5.36. The Hall–Kier alpha value is -4.00. The SMILES string of the molecule is C.CCOC(=O)[C@@H]1C[C@@H](CC(=O)C2CC2)CN1C(=O)c1nc(-c2ccc(OC)c3nc(C(F)(F)F)ccc23)oc1[C@H](C)N. The second-order valence-electron chi connectivity index (χ2n) is 10.7. The van der Waals surface area contributed by atoms with E-state index in [4.69, 9.17) is 19.6 Å². The topological polar surface area (TPSA) is 138 Å². The van der Waals surface area contributed by atoms with Gasteiger partial charge in [0, 0.05) is 29.8 Å². The predicted octanol–water partition coefficient (Wildman–Crippen LogP) is 5.34. The molecular formula is C30H35F3N4O6. The number of fused-ring (bicyclic) bond motifs is 1. The molecule has 1 amide bonds. The highest BCUT2D eigenvalue weighted by molar-refractivity contribution is 5.99.